The molecule has 2 N–H and O–H groups in total. The summed E-state index contributed by atoms with van der Waals surface area (Å²) in [7, 11) is 0. The van der Waals surface area contributed by atoms with E-state index in [2.05, 4.69) is 26.8 Å². The predicted molar refractivity (Wildman–Crippen MR) is 139 cm³/mol. The Balaban J connectivity index is 0.00000259. The lowest BCUT2D eigenvalue weighted by molar-refractivity contribution is -0.0581. The van der Waals surface area contributed by atoms with Gasteiger partial charge < -0.3 is 10.2 Å². The van der Waals surface area contributed by atoms with Crippen LogP contribution in [0.15, 0.2) is 11.6 Å². The number of hydrogen-bond donors (Lipinski definition) is 2. The first-order valence-corrected chi connectivity index (χ1v) is 14.4. The number of allylic oxidation sites excluding steroid dienone is 1. The maximum absolute atomic E-state index is 10.8. The Morgan fingerprint density at radius 1 is 0.939 bits per heavy atom. The molecule has 190 valence electrons. The monoisotopic (exact) mass is 458 g/mol. The topological polar surface area (TPSA) is 40.5 Å². The maximum atomic E-state index is 10.8. The Bertz CT molecular complexity index is 693. The predicted octanol–water partition coefficient (Wildman–Crippen LogP) is 7.92. The molecular weight excluding hydrogens is 404 g/mol. The van der Waals surface area contributed by atoms with Crippen molar-refractivity contribution < 1.29 is 10.2 Å². The van der Waals surface area contributed by atoms with Gasteiger partial charge in [-0.05, 0) is 123 Å². The van der Waals surface area contributed by atoms with Crippen molar-refractivity contribution in [1.29, 1.82) is 0 Å². The molecule has 4 fully saturated rings. The van der Waals surface area contributed by atoms with E-state index in [1.54, 1.807) is 5.57 Å². The van der Waals surface area contributed by atoms with Gasteiger partial charge in [-0.25, -0.2) is 0 Å². The fraction of sp³-hybridized carbons (Fsp3) is 0.935. The lowest BCUT2D eigenvalue weighted by Crippen LogP contribution is -2.50. The van der Waals surface area contributed by atoms with Crippen LogP contribution >= 0.6 is 0 Å². The van der Waals surface area contributed by atoms with E-state index in [9.17, 15) is 10.2 Å². The van der Waals surface area contributed by atoms with Crippen molar-refractivity contribution >= 4 is 0 Å². The largest absolute Gasteiger partial charge is 0.393 e. The van der Waals surface area contributed by atoms with Crippen LogP contribution < -0.4 is 0 Å². The molecule has 5 aliphatic rings. The first-order chi connectivity index (χ1) is 15.3. The van der Waals surface area contributed by atoms with Gasteiger partial charge in [0.05, 0.1) is 12.2 Å². The van der Waals surface area contributed by atoms with Crippen molar-refractivity contribution in [2.24, 2.45) is 46.3 Å². The number of rotatable bonds is 5. The number of hydrogen-bond acceptors (Lipinski definition) is 2. The summed E-state index contributed by atoms with van der Waals surface area (Å²) >= 11 is 0. The SMILES string of the molecule is C.CC(CCC(O)C1CCCCC1)C1CCC2C3CC=C4C[C@@H](O)CCC4(C)C3CCC12C. The minimum Gasteiger partial charge on any atom is -0.393 e. The average Bonchev–Trinajstić information content (AvgIpc) is 3.15. The van der Waals surface area contributed by atoms with Gasteiger partial charge in [-0.1, -0.05) is 59.1 Å². The van der Waals surface area contributed by atoms with Crippen LogP contribution in [0.1, 0.15) is 125 Å². The molecule has 0 aliphatic heterocycles. The molecule has 0 aromatic rings. The molecule has 0 aromatic carbocycles. The molecule has 0 bridgehead atoms. The summed E-state index contributed by atoms with van der Waals surface area (Å²) in [5.74, 6) is 4.76. The zero-order chi connectivity index (χ0) is 22.5. The number of fused-ring (bicyclic) bond motifs is 5. The summed E-state index contributed by atoms with van der Waals surface area (Å²) in [6, 6.07) is 0. The molecule has 2 heteroatoms. The standard InChI is InChI=1S/C30H50O2.CH4/c1-20(9-14-28(32)21-7-5-4-6-8-21)25-12-13-26-24-11-10-22-19-23(31)15-17-29(22,2)27(24)16-18-30(25,26)3;/h10,20-21,23-28,31-32H,4-9,11-19H2,1-3H3;1H4/t20?,23-,24?,25?,26?,27?,28?,29?,30?;/m0./s1. The third-order valence-electron chi connectivity index (χ3n) is 11.9. The van der Waals surface area contributed by atoms with E-state index < -0.39 is 0 Å². The van der Waals surface area contributed by atoms with Crippen molar-refractivity contribution in [3.8, 4) is 0 Å². The molecule has 33 heavy (non-hydrogen) atoms. The highest BCUT2D eigenvalue weighted by Gasteiger charge is 2.59. The fourth-order valence-electron chi connectivity index (χ4n) is 10.0. The van der Waals surface area contributed by atoms with Gasteiger partial charge in [-0.15, -0.1) is 0 Å². The van der Waals surface area contributed by atoms with Crippen LogP contribution in [0.3, 0.4) is 0 Å². The molecule has 5 rings (SSSR count). The van der Waals surface area contributed by atoms with Crippen LogP contribution in [0.5, 0.6) is 0 Å². The molecule has 9 atom stereocenters. The summed E-state index contributed by atoms with van der Waals surface area (Å²) in [4.78, 5) is 0. The van der Waals surface area contributed by atoms with E-state index in [-0.39, 0.29) is 19.6 Å². The fourth-order valence-corrected chi connectivity index (χ4v) is 10.0. The molecule has 8 unspecified atom stereocenters. The molecule has 0 heterocycles. The molecule has 2 nitrogen and oxygen atoms in total. The van der Waals surface area contributed by atoms with Gasteiger partial charge in [-0.3, -0.25) is 0 Å². The van der Waals surface area contributed by atoms with Gasteiger partial charge in [0.1, 0.15) is 0 Å². The van der Waals surface area contributed by atoms with E-state index >= 15 is 0 Å². The summed E-state index contributed by atoms with van der Waals surface area (Å²) in [5, 5.41) is 21.1. The minimum atomic E-state index is -0.0968. The number of aliphatic hydroxyl groups is 2. The van der Waals surface area contributed by atoms with Crippen LogP contribution in [0, 0.1) is 46.3 Å². The molecule has 0 amide bonds. The molecule has 0 aromatic heterocycles. The smallest absolute Gasteiger partial charge is 0.0577 e. The van der Waals surface area contributed by atoms with Crippen LogP contribution in [-0.2, 0) is 0 Å². The van der Waals surface area contributed by atoms with Crippen molar-refractivity contribution in [3.05, 3.63) is 11.6 Å². The Morgan fingerprint density at radius 3 is 2.45 bits per heavy atom. The van der Waals surface area contributed by atoms with E-state index in [1.807, 2.05) is 0 Å². The molecule has 5 aliphatic carbocycles. The highest BCUT2D eigenvalue weighted by atomic mass is 16.3. The maximum Gasteiger partial charge on any atom is 0.0577 e. The lowest BCUT2D eigenvalue weighted by atomic mass is 9.47. The second-order valence-corrected chi connectivity index (χ2v) is 13.4. The van der Waals surface area contributed by atoms with E-state index in [0.717, 1.165) is 48.9 Å². The van der Waals surface area contributed by atoms with Gasteiger partial charge >= 0.3 is 0 Å². The first kappa shape index (κ1) is 25.7. The zero-order valence-corrected chi connectivity index (χ0v) is 21.2. The third-order valence-corrected chi connectivity index (χ3v) is 11.9. The third kappa shape index (κ3) is 4.50. The molecule has 0 saturated heterocycles. The van der Waals surface area contributed by atoms with Crippen molar-refractivity contribution in [2.45, 2.75) is 137 Å². The quantitative estimate of drug-likeness (QED) is 0.411. The van der Waals surface area contributed by atoms with Crippen LogP contribution in [-0.4, -0.2) is 22.4 Å². The second-order valence-electron chi connectivity index (χ2n) is 13.4. The lowest BCUT2D eigenvalue weighted by Gasteiger charge is -2.58. The van der Waals surface area contributed by atoms with Gasteiger partial charge in [-0.2, -0.15) is 0 Å². The zero-order valence-electron chi connectivity index (χ0n) is 21.2. The van der Waals surface area contributed by atoms with Gasteiger partial charge in [0.25, 0.3) is 0 Å². The van der Waals surface area contributed by atoms with Crippen molar-refractivity contribution in [2.75, 3.05) is 0 Å². The van der Waals surface area contributed by atoms with Gasteiger partial charge in [0.2, 0.25) is 0 Å². The molecule has 0 spiro atoms. The van der Waals surface area contributed by atoms with Crippen LogP contribution in [0.25, 0.3) is 0 Å². The van der Waals surface area contributed by atoms with E-state index in [1.165, 1.54) is 77.0 Å². The Labute approximate surface area is 205 Å². The van der Waals surface area contributed by atoms with Crippen LogP contribution in [0.4, 0.5) is 0 Å². The van der Waals surface area contributed by atoms with Gasteiger partial charge in [0.15, 0.2) is 0 Å². The van der Waals surface area contributed by atoms with Crippen molar-refractivity contribution in [1.82, 2.24) is 0 Å². The first-order valence-electron chi connectivity index (χ1n) is 14.4. The van der Waals surface area contributed by atoms with E-state index in [0.29, 0.717) is 16.7 Å². The van der Waals surface area contributed by atoms with Crippen LogP contribution in [0.2, 0.25) is 0 Å². The molecule has 0 radical (unpaired) electrons. The number of aliphatic hydroxyl groups excluding tert-OH is 2. The highest BCUT2D eigenvalue weighted by Crippen LogP contribution is 2.67. The summed E-state index contributed by atoms with van der Waals surface area (Å²) < 4.78 is 0. The average molecular weight is 459 g/mol. The molecule has 4 saturated carbocycles. The minimum absolute atomic E-state index is 0. The van der Waals surface area contributed by atoms with Crippen molar-refractivity contribution in [3.63, 3.8) is 0 Å². The summed E-state index contributed by atoms with van der Waals surface area (Å²) in [5.41, 5.74) is 2.46. The van der Waals surface area contributed by atoms with E-state index in [4.69, 9.17) is 0 Å². The summed E-state index contributed by atoms with van der Waals surface area (Å²) in [6.07, 6.45) is 21.3. The second kappa shape index (κ2) is 9.96. The Morgan fingerprint density at radius 2 is 1.70 bits per heavy atom. The summed E-state index contributed by atoms with van der Waals surface area (Å²) in [6.45, 7) is 7.72. The Kier molecular flexibility index (Phi) is 7.77. The van der Waals surface area contributed by atoms with Gasteiger partial charge in [0, 0.05) is 0 Å². The Hall–Kier alpha value is -0.340. The normalized spacial score (nSPS) is 45.1. The molecular formula is C31H54O2. The highest BCUT2D eigenvalue weighted by molar-refractivity contribution is 5.25.